The average Bonchev–Trinajstić information content (AvgIpc) is 2.72. The van der Waals surface area contributed by atoms with Crippen molar-refractivity contribution in [2.24, 2.45) is 0 Å². The topological polar surface area (TPSA) is 86.7 Å². The molecule has 0 unspecified atom stereocenters. The molecule has 1 heterocycles. The molecule has 0 aromatic heterocycles. The van der Waals surface area contributed by atoms with Gasteiger partial charge in [-0.25, -0.2) is 0 Å². The number of nitrogens with zero attached hydrogens (tertiary/aromatic N) is 1. The van der Waals surface area contributed by atoms with Gasteiger partial charge in [0, 0.05) is 17.6 Å². The Morgan fingerprint density at radius 1 is 1.21 bits per heavy atom. The van der Waals surface area contributed by atoms with Crippen LogP contribution in [0, 0.1) is 0 Å². The highest BCUT2D eigenvalue weighted by atomic mass is 19.4. The van der Waals surface area contributed by atoms with Gasteiger partial charge < -0.3 is 15.3 Å². The summed E-state index contributed by atoms with van der Waals surface area (Å²) in [6, 6.07) is 3.03. The van der Waals surface area contributed by atoms with Crippen molar-refractivity contribution >= 4 is 23.5 Å². The van der Waals surface area contributed by atoms with Crippen molar-refractivity contribution < 1.29 is 32.7 Å². The second-order valence-corrected chi connectivity index (χ2v) is 8.07. The van der Waals surface area contributed by atoms with Gasteiger partial charge in [0.2, 0.25) is 11.8 Å². The first-order valence-corrected chi connectivity index (χ1v) is 8.72. The molecule has 9 heteroatoms. The van der Waals surface area contributed by atoms with Crippen LogP contribution < -0.4 is 10.2 Å². The summed E-state index contributed by atoms with van der Waals surface area (Å²) in [6.45, 7) is 5.99. The maximum atomic E-state index is 13.0. The van der Waals surface area contributed by atoms with E-state index in [2.05, 4.69) is 5.32 Å². The van der Waals surface area contributed by atoms with E-state index in [9.17, 15) is 27.6 Å². The van der Waals surface area contributed by atoms with Crippen LogP contribution in [0.3, 0.4) is 0 Å². The smallest absolute Gasteiger partial charge is 0.416 e. The highest BCUT2D eigenvalue weighted by Gasteiger charge is 2.46. The zero-order valence-corrected chi connectivity index (χ0v) is 16.1. The van der Waals surface area contributed by atoms with Crippen molar-refractivity contribution in [1.29, 1.82) is 0 Å². The molecule has 2 rings (SSSR count). The summed E-state index contributed by atoms with van der Waals surface area (Å²) < 4.78 is 39.1. The number of nitrogens with one attached hydrogen (secondary N) is 1. The standard InChI is InChI=1S/C19H23F3N2O4/c1-17(2,8-7-15(26)27)23-14(25)10-24-13-6-5-11(19(20,21)22)9-12(13)18(3,4)16(24)28/h5-6,9H,7-8,10H2,1-4H3,(H,23,25)(H,26,27). The molecular formula is C19H23F3N2O4. The highest BCUT2D eigenvalue weighted by molar-refractivity contribution is 6.10. The Bertz CT molecular complexity index is 816. The molecule has 0 atom stereocenters. The second-order valence-electron chi connectivity index (χ2n) is 8.07. The van der Waals surface area contributed by atoms with Crippen LogP contribution in [0.15, 0.2) is 18.2 Å². The zero-order valence-electron chi connectivity index (χ0n) is 16.1. The van der Waals surface area contributed by atoms with E-state index in [1.165, 1.54) is 19.9 Å². The summed E-state index contributed by atoms with van der Waals surface area (Å²) in [7, 11) is 0. The van der Waals surface area contributed by atoms with Crippen molar-refractivity contribution in [2.75, 3.05) is 11.4 Å². The van der Waals surface area contributed by atoms with Gasteiger partial charge in [-0.15, -0.1) is 0 Å². The van der Waals surface area contributed by atoms with Crippen molar-refractivity contribution in [1.82, 2.24) is 5.32 Å². The molecule has 1 aliphatic heterocycles. The van der Waals surface area contributed by atoms with Crippen molar-refractivity contribution in [3.05, 3.63) is 29.3 Å². The molecule has 0 bridgehead atoms. The number of hydrogen-bond donors (Lipinski definition) is 2. The number of carboxylic acid groups (broad SMARTS) is 1. The summed E-state index contributed by atoms with van der Waals surface area (Å²) in [6.07, 6.45) is -4.47. The number of hydrogen-bond acceptors (Lipinski definition) is 3. The fourth-order valence-corrected chi connectivity index (χ4v) is 3.21. The quantitative estimate of drug-likeness (QED) is 0.768. The molecule has 0 fully saturated rings. The monoisotopic (exact) mass is 400 g/mol. The molecule has 0 spiro atoms. The lowest BCUT2D eigenvalue weighted by Gasteiger charge is -2.27. The molecule has 2 N–H and O–H groups in total. The van der Waals surface area contributed by atoms with Gasteiger partial charge in [-0.2, -0.15) is 13.2 Å². The first kappa shape index (κ1) is 21.7. The van der Waals surface area contributed by atoms with Gasteiger partial charge in [-0.3, -0.25) is 14.4 Å². The second kappa shape index (κ2) is 7.10. The number of alkyl halides is 3. The predicted octanol–water partition coefficient (Wildman–Crippen LogP) is 3.09. The van der Waals surface area contributed by atoms with Crippen LogP contribution in [0.1, 0.15) is 51.7 Å². The third-order valence-electron chi connectivity index (χ3n) is 4.81. The Labute approximate surface area is 160 Å². The number of carbonyl (C=O) groups excluding carboxylic acids is 2. The Kier molecular flexibility index (Phi) is 5.51. The Morgan fingerprint density at radius 3 is 2.36 bits per heavy atom. The molecule has 0 radical (unpaired) electrons. The molecule has 154 valence electrons. The van der Waals surface area contributed by atoms with Crippen LogP contribution in [0.25, 0.3) is 0 Å². The van der Waals surface area contributed by atoms with Crippen LogP contribution in [0.2, 0.25) is 0 Å². The van der Waals surface area contributed by atoms with Gasteiger partial charge in [0.1, 0.15) is 6.54 Å². The lowest BCUT2D eigenvalue weighted by molar-refractivity contribution is -0.138. The summed E-state index contributed by atoms with van der Waals surface area (Å²) >= 11 is 0. The molecule has 0 saturated carbocycles. The Hall–Kier alpha value is -2.58. The molecule has 6 nitrogen and oxygen atoms in total. The van der Waals surface area contributed by atoms with Crippen LogP contribution in [0.5, 0.6) is 0 Å². The number of carbonyl (C=O) groups is 3. The van der Waals surface area contributed by atoms with Crippen molar-refractivity contribution in [3.8, 4) is 0 Å². The van der Waals surface area contributed by atoms with Crippen molar-refractivity contribution in [2.45, 2.75) is 57.7 Å². The molecular weight excluding hydrogens is 377 g/mol. The Morgan fingerprint density at radius 2 is 1.82 bits per heavy atom. The minimum atomic E-state index is -4.53. The van der Waals surface area contributed by atoms with E-state index in [1.54, 1.807) is 13.8 Å². The van der Waals surface area contributed by atoms with Crippen LogP contribution in [0.4, 0.5) is 18.9 Å². The molecule has 0 aliphatic carbocycles. The van der Waals surface area contributed by atoms with E-state index < -0.39 is 40.5 Å². The summed E-state index contributed by atoms with van der Waals surface area (Å²) in [5, 5.41) is 11.5. The first-order valence-electron chi connectivity index (χ1n) is 8.72. The van der Waals surface area contributed by atoms with Crippen LogP contribution in [-0.4, -0.2) is 35.0 Å². The molecule has 1 aliphatic rings. The van der Waals surface area contributed by atoms with E-state index in [0.717, 1.165) is 17.0 Å². The summed E-state index contributed by atoms with van der Waals surface area (Å²) in [5.41, 5.74) is -2.38. The van der Waals surface area contributed by atoms with Gasteiger partial charge in [-0.1, -0.05) is 0 Å². The van der Waals surface area contributed by atoms with E-state index in [0.29, 0.717) is 0 Å². The largest absolute Gasteiger partial charge is 0.481 e. The van der Waals surface area contributed by atoms with E-state index in [1.807, 2.05) is 0 Å². The number of anilines is 1. The molecule has 0 saturated heterocycles. The summed E-state index contributed by atoms with van der Waals surface area (Å²) in [4.78, 5) is 37.0. The SMILES string of the molecule is CC(C)(CCC(=O)O)NC(=O)CN1C(=O)C(C)(C)c2cc(C(F)(F)F)ccc21. The maximum absolute atomic E-state index is 13.0. The number of fused-ring (bicyclic) bond motifs is 1. The third kappa shape index (κ3) is 4.45. The van der Waals surface area contributed by atoms with E-state index in [4.69, 9.17) is 5.11 Å². The molecule has 28 heavy (non-hydrogen) atoms. The van der Waals surface area contributed by atoms with Crippen LogP contribution in [-0.2, 0) is 26.0 Å². The number of amides is 2. The minimum Gasteiger partial charge on any atom is -0.481 e. The number of rotatable bonds is 6. The number of halogens is 3. The number of benzene rings is 1. The zero-order chi connectivity index (χ0) is 21.5. The predicted molar refractivity (Wildman–Crippen MR) is 95.9 cm³/mol. The van der Waals surface area contributed by atoms with Gasteiger partial charge >= 0.3 is 12.1 Å². The van der Waals surface area contributed by atoms with Gasteiger partial charge in [0.05, 0.1) is 11.0 Å². The van der Waals surface area contributed by atoms with Gasteiger partial charge in [0.15, 0.2) is 0 Å². The highest BCUT2D eigenvalue weighted by Crippen LogP contribution is 2.44. The maximum Gasteiger partial charge on any atom is 0.416 e. The van der Waals surface area contributed by atoms with Crippen LogP contribution >= 0.6 is 0 Å². The fraction of sp³-hybridized carbons (Fsp3) is 0.526. The molecule has 1 aromatic carbocycles. The fourth-order valence-electron chi connectivity index (χ4n) is 3.21. The normalized spacial score (nSPS) is 16.1. The molecule has 1 aromatic rings. The minimum absolute atomic E-state index is 0.133. The lowest BCUT2D eigenvalue weighted by atomic mass is 9.85. The number of carboxylic acids is 1. The van der Waals surface area contributed by atoms with E-state index >= 15 is 0 Å². The average molecular weight is 400 g/mol. The number of aliphatic carboxylic acids is 1. The van der Waals surface area contributed by atoms with Crippen molar-refractivity contribution in [3.63, 3.8) is 0 Å². The van der Waals surface area contributed by atoms with Gasteiger partial charge in [-0.05, 0) is 57.9 Å². The molecule has 2 amide bonds. The Balaban J connectivity index is 2.23. The summed E-state index contributed by atoms with van der Waals surface area (Å²) in [5.74, 6) is -1.99. The first-order chi connectivity index (χ1) is 12.6. The third-order valence-corrected chi connectivity index (χ3v) is 4.81. The lowest BCUT2D eigenvalue weighted by Crippen LogP contribution is -2.49. The van der Waals surface area contributed by atoms with Gasteiger partial charge in [0.25, 0.3) is 0 Å². The van der Waals surface area contributed by atoms with E-state index in [-0.39, 0.29) is 30.6 Å².